The highest BCUT2D eigenvalue weighted by atomic mass is 16.2. The molecular formula is C23H39N5O2. The van der Waals surface area contributed by atoms with Gasteiger partial charge in [0.1, 0.15) is 11.9 Å². The van der Waals surface area contributed by atoms with Crippen LogP contribution in [0.5, 0.6) is 0 Å². The van der Waals surface area contributed by atoms with E-state index in [9.17, 15) is 9.59 Å². The Balaban J connectivity index is 1.95. The fraction of sp³-hybridized carbons (Fsp3) is 0.783. The van der Waals surface area contributed by atoms with E-state index in [4.69, 9.17) is 4.98 Å². The molecule has 7 heteroatoms. The summed E-state index contributed by atoms with van der Waals surface area (Å²) in [5.41, 5.74) is 1.09. The molecule has 2 aliphatic rings. The van der Waals surface area contributed by atoms with Crippen LogP contribution >= 0.6 is 0 Å². The topological polar surface area (TPSA) is 79.3 Å². The van der Waals surface area contributed by atoms with Crippen molar-refractivity contribution in [2.24, 2.45) is 11.3 Å². The number of amides is 2. The lowest BCUT2D eigenvalue weighted by atomic mass is 9.82. The van der Waals surface area contributed by atoms with Gasteiger partial charge in [-0.1, -0.05) is 40.5 Å². The van der Waals surface area contributed by atoms with Crippen molar-refractivity contribution < 1.29 is 9.59 Å². The SMILES string of the molecule is CNC(=O)C(NC(=O)c1nc(C2CCC(C)CC2)n2c1CN(C)CCC2)C(C)(C)C. The highest BCUT2D eigenvalue weighted by Crippen LogP contribution is 2.36. The maximum absolute atomic E-state index is 13.4. The van der Waals surface area contributed by atoms with Crippen LogP contribution in [0.1, 0.15) is 87.7 Å². The second kappa shape index (κ2) is 9.08. The van der Waals surface area contributed by atoms with Crippen molar-refractivity contribution in [2.75, 3.05) is 20.6 Å². The molecule has 0 spiro atoms. The minimum Gasteiger partial charge on any atom is -0.357 e. The molecule has 1 aliphatic heterocycles. The lowest BCUT2D eigenvalue weighted by molar-refractivity contribution is -0.124. The molecule has 1 unspecified atom stereocenters. The van der Waals surface area contributed by atoms with Crippen LogP contribution in [0.3, 0.4) is 0 Å². The van der Waals surface area contributed by atoms with Crippen LogP contribution in [0.25, 0.3) is 0 Å². The van der Waals surface area contributed by atoms with E-state index in [1.165, 1.54) is 12.8 Å². The average Bonchev–Trinajstić information content (AvgIpc) is 2.91. The number of nitrogens with one attached hydrogen (secondary N) is 2. The first kappa shape index (κ1) is 22.8. The second-order valence-electron chi connectivity index (χ2n) is 10.4. The van der Waals surface area contributed by atoms with Crippen LogP contribution in [-0.4, -0.2) is 52.9 Å². The van der Waals surface area contributed by atoms with Gasteiger partial charge in [0.05, 0.1) is 5.69 Å². The Morgan fingerprint density at radius 2 is 1.80 bits per heavy atom. The Labute approximate surface area is 181 Å². The summed E-state index contributed by atoms with van der Waals surface area (Å²) in [6.45, 7) is 10.8. The fourth-order valence-electron chi connectivity index (χ4n) is 4.78. The Hall–Kier alpha value is -1.89. The molecule has 1 aromatic heterocycles. The number of hydrogen-bond donors (Lipinski definition) is 2. The van der Waals surface area contributed by atoms with Crippen molar-refractivity contribution in [3.8, 4) is 0 Å². The third kappa shape index (κ3) is 4.88. The third-order valence-electron chi connectivity index (χ3n) is 6.69. The number of fused-ring (bicyclic) bond motifs is 1. The van der Waals surface area contributed by atoms with Crippen molar-refractivity contribution in [1.82, 2.24) is 25.1 Å². The smallest absolute Gasteiger partial charge is 0.272 e. The number of likely N-dealkylation sites (N-methyl/N-ethyl adjacent to an activating group) is 1. The summed E-state index contributed by atoms with van der Waals surface area (Å²) in [5, 5.41) is 5.67. The number of carbonyl (C=O) groups is 2. The van der Waals surface area contributed by atoms with Gasteiger partial charge in [-0.15, -0.1) is 0 Å². The molecule has 1 atom stereocenters. The second-order valence-corrected chi connectivity index (χ2v) is 10.4. The van der Waals surface area contributed by atoms with Crippen molar-refractivity contribution in [1.29, 1.82) is 0 Å². The summed E-state index contributed by atoms with van der Waals surface area (Å²) in [4.78, 5) is 33.0. The van der Waals surface area contributed by atoms with Gasteiger partial charge in [0.25, 0.3) is 5.91 Å². The van der Waals surface area contributed by atoms with Crippen molar-refractivity contribution >= 4 is 11.8 Å². The summed E-state index contributed by atoms with van der Waals surface area (Å²) in [5.74, 6) is 1.84. The molecule has 30 heavy (non-hydrogen) atoms. The van der Waals surface area contributed by atoms with Crippen molar-refractivity contribution in [2.45, 2.75) is 84.8 Å². The standard InChI is InChI=1S/C23H39N5O2/c1-15-8-10-16(11-9-15)20-25-18(17-14-27(6)12-7-13-28(17)20)21(29)26-19(22(30)24-5)23(2,3)4/h15-16,19H,7-14H2,1-6H3,(H,24,30)(H,26,29). The van der Waals surface area contributed by atoms with E-state index in [0.717, 1.165) is 49.8 Å². The lowest BCUT2D eigenvalue weighted by Gasteiger charge is -2.29. The molecule has 1 aromatic rings. The van der Waals surface area contributed by atoms with E-state index in [2.05, 4.69) is 34.1 Å². The third-order valence-corrected chi connectivity index (χ3v) is 6.69. The number of imidazole rings is 1. The van der Waals surface area contributed by atoms with Crippen LogP contribution < -0.4 is 10.6 Å². The van der Waals surface area contributed by atoms with Gasteiger partial charge in [-0.25, -0.2) is 4.98 Å². The molecule has 1 fully saturated rings. The van der Waals surface area contributed by atoms with Gasteiger partial charge in [0.15, 0.2) is 5.69 Å². The van der Waals surface area contributed by atoms with Crippen LogP contribution in [0.2, 0.25) is 0 Å². The van der Waals surface area contributed by atoms with Gasteiger partial charge in [-0.05, 0) is 44.2 Å². The summed E-state index contributed by atoms with van der Waals surface area (Å²) >= 11 is 0. The van der Waals surface area contributed by atoms with Gasteiger partial charge in [0.2, 0.25) is 5.91 Å². The largest absolute Gasteiger partial charge is 0.357 e. The summed E-state index contributed by atoms with van der Waals surface area (Å²) in [6, 6.07) is -0.616. The molecule has 3 rings (SSSR count). The zero-order valence-electron chi connectivity index (χ0n) is 19.5. The van der Waals surface area contributed by atoms with Crippen LogP contribution in [0, 0.1) is 11.3 Å². The minimum absolute atomic E-state index is 0.181. The van der Waals surface area contributed by atoms with E-state index >= 15 is 0 Å². The van der Waals surface area contributed by atoms with Gasteiger partial charge in [0, 0.05) is 26.1 Å². The van der Waals surface area contributed by atoms with Crippen molar-refractivity contribution in [3.05, 3.63) is 17.2 Å². The number of aromatic nitrogens is 2. The first-order valence-electron chi connectivity index (χ1n) is 11.4. The Morgan fingerprint density at radius 3 is 2.40 bits per heavy atom. The summed E-state index contributed by atoms with van der Waals surface area (Å²) in [7, 11) is 3.70. The van der Waals surface area contributed by atoms with E-state index in [0.29, 0.717) is 18.2 Å². The first-order valence-corrected chi connectivity index (χ1v) is 11.4. The highest BCUT2D eigenvalue weighted by molar-refractivity contribution is 5.97. The Morgan fingerprint density at radius 1 is 1.13 bits per heavy atom. The van der Waals surface area contributed by atoms with Crippen LogP contribution in [0.15, 0.2) is 0 Å². The molecule has 1 aliphatic carbocycles. The predicted octanol–water partition coefficient (Wildman–Crippen LogP) is 2.90. The summed E-state index contributed by atoms with van der Waals surface area (Å²) in [6.07, 6.45) is 5.77. The minimum atomic E-state index is -0.616. The monoisotopic (exact) mass is 417 g/mol. The number of nitrogens with zero attached hydrogens (tertiary/aromatic N) is 3. The van der Waals surface area contributed by atoms with Gasteiger partial charge in [-0.2, -0.15) is 0 Å². The first-order chi connectivity index (χ1) is 14.1. The number of hydrogen-bond acceptors (Lipinski definition) is 4. The maximum Gasteiger partial charge on any atom is 0.272 e. The number of rotatable bonds is 4. The predicted molar refractivity (Wildman–Crippen MR) is 118 cm³/mol. The quantitative estimate of drug-likeness (QED) is 0.790. The average molecular weight is 418 g/mol. The van der Waals surface area contributed by atoms with Crippen LogP contribution in [-0.2, 0) is 17.9 Å². The van der Waals surface area contributed by atoms with Gasteiger partial charge in [-0.3, -0.25) is 9.59 Å². The van der Waals surface area contributed by atoms with Crippen LogP contribution in [0.4, 0.5) is 0 Å². The highest BCUT2D eigenvalue weighted by Gasteiger charge is 2.35. The van der Waals surface area contributed by atoms with Gasteiger partial charge >= 0.3 is 0 Å². The summed E-state index contributed by atoms with van der Waals surface area (Å²) < 4.78 is 2.31. The Kier molecular flexibility index (Phi) is 6.90. The maximum atomic E-state index is 13.4. The number of carbonyl (C=O) groups excluding carboxylic acids is 2. The molecule has 168 valence electrons. The van der Waals surface area contributed by atoms with Crippen molar-refractivity contribution in [3.63, 3.8) is 0 Å². The molecule has 2 heterocycles. The zero-order chi connectivity index (χ0) is 22.1. The molecule has 2 N–H and O–H groups in total. The normalized spacial score (nSPS) is 23.9. The Bertz CT molecular complexity index is 771. The lowest BCUT2D eigenvalue weighted by Crippen LogP contribution is -2.53. The fourth-order valence-corrected chi connectivity index (χ4v) is 4.78. The molecule has 0 saturated heterocycles. The molecule has 2 amide bonds. The molecule has 0 radical (unpaired) electrons. The molecule has 0 aromatic carbocycles. The molecule has 1 saturated carbocycles. The van der Waals surface area contributed by atoms with Gasteiger partial charge < -0.3 is 20.1 Å². The van der Waals surface area contributed by atoms with E-state index in [-0.39, 0.29) is 11.8 Å². The molecule has 0 bridgehead atoms. The van der Waals surface area contributed by atoms with E-state index < -0.39 is 11.5 Å². The molecular weight excluding hydrogens is 378 g/mol. The van der Waals surface area contributed by atoms with E-state index in [1.807, 2.05) is 20.8 Å². The zero-order valence-corrected chi connectivity index (χ0v) is 19.5. The van der Waals surface area contributed by atoms with E-state index in [1.54, 1.807) is 7.05 Å². The molecule has 7 nitrogen and oxygen atoms in total.